The van der Waals surface area contributed by atoms with Crippen LogP contribution in [0.5, 0.6) is 0 Å². The fourth-order valence-electron chi connectivity index (χ4n) is 4.02. The van der Waals surface area contributed by atoms with E-state index in [1.807, 2.05) is 0 Å². The fourth-order valence-corrected chi connectivity index (χ4v) is 5.16. The molecule has 8 nitrogen and oxygen atoms in total. The van der Waals surface area contributed by atoms with Crippen LogP contribution in [0.15, 0.2) is 24.8 Å². The second-order valence-electron chi connectivity index (χ2n) is 8.22. The van der Waals surface area contributed by atoms with Gasteiger partial charge in [-0.15, -0.1) is 11.3 Å². The maximum absolute atomic E-state index is 14.7. The molecule has 1 atom stereocenters. The van der Waals surface area contributed by atoms with E-state index in [0.717, 1.165) is 22.5 Å². The third-order valence-corrected chi connectivity index (χ3v) is 7.11. The molecule has 0 bridgehead atoms. The van der Waals surface area contributed by atoms with E-state index < -0.39 is 11.7 Å². The summed E-state index contributed by atoms with van der Waals surface area (Å²) in [6, 6.07) is 2.82. The van der Waals surface area contributed by atoms with Crippen LogP contribution in [0.1, 0.15) is 57.8 Å². The van der Waals surface area contributed by atoms with Crippen molar-refractivity contribution in [3.05, 3.63) is 52.4 Å². The van der Waals surface area contributed by atoms with Crippen LogP contribution in [0.2, 0.25) is 0 Å². The Hall–Kier alpha value is -3.71. The van der Waals surface area contributed by atoms with Gasteiger partial charge in [0.1, 0.15) is 17.2 Å². The second-order valence-corrected chi connectivity index (χ2v) is 9.29. The number of primary amides is 1. The van der Waals surface area contributed by atoms with Gasteiger partial charge in [-0.3, -0.25) is 9.59 Å². The van der Waals surface area contributed by atoms with Crippen molar-refractivity contribution >= 4 is 39.2 Å². The molecule has 168 valence electrons. The monoisotopic (exact) mass is 464 g/mol. The van der Waals surface area contributed by atoms with Gasteiger partial charge < -0.3 is 16.4 Å². The topological polar surface area (TPSA) is 120 Å². The Morgan fingerprint density at radius 3 is 2.76 bits per heavy atom. The summed E-state index contributed by atoms with van der Waals surface area (Å²) in [6.45, 7) is 4.39. The molecule has 2 amide bonds. The number of nitrogens with two attached hydrogens (primary N) is 2. The molecule has 2 aliphatic rings. The van der Waals surface area contributed by atoms with Crippen molar-refractivity contribution < 1.29 is 14.0 Å². The predicted molar refractivity (Wildman–Crippen MR) is 123 cm³/mol. The third-order valence-electron chi connectivity index (χ3n) is 5.93. The number of anilines is 1. The van der Waals surface area contributed by atoms with Crippen LogP contribution >= 0.6 is 11.3 Å². The van der Waals surface area contributed by atoms with Gasteiger partial charge in [-0.05, 0) is 43.4 Å². The van der Waals surface area contributed by atoms with Crippen molar-refractivity contribution in [2.24, 2.45) is 5.73 Å². The number of carbonyl (C=O) groups is 2. The van der Waals surface area contributed by atoms with Crippen molar-refractivity contribution in [2.75, 3.05) is 18.8 Å². The van der Waals surface area contributed by atoms with Crippen molar-refractivity contribution in [3.63, 3.8) is 0 Å². The summed E-state index contributed by atoms with van der Waals surface area (Å²) in [4.78, 5) is 30.2. The number of nitrogens with zero attached hydrogens (tertiary/aromatic N) is 4. The van der Waals surface area contributed by atoms with Gasteiger partial charge in [0.25, 0.3) is 5.91 Å². The van der Waals surface area contributed by atoms with Crippen LogP contribution in [-0.2, 0) is 4.79 Å². The van der Waals surface area contributed by atoms with E-state index in [0.29, 0.717) is 30.9 Å². The normalized spacial score (nSPS) is 17.7. The van der Waals surface area contributed by atoms with Gasteiger partial charge in [-0.25, -0.2) is 14.1 Å². The smallest absolute Gasteiger partial charge is 0.255 e. The molecule has 0 radical (unpaired) electrons. The molecule has 33 heavy (non-hydrogen) atoms. The molecular weight excluding hydrogens is 443 g/mol. The van der Waals surface area contributed by atoms with Gasteiger partial charge in [-0.1, -0.05) is 12.5 Å². The van der Waals surface area contributed by atoms with Gasteiger partial charge in [0.15, 0.2) is 5.69 Å². The highest BCUT2D eigenvalue weighted by Crippen LogP contribution is 2.43. The summed E-state index contributed by atoms with van der Waals surface area (Å²) in [6.07, 6.45) is 4.10. The maximum atomic E-state index is 14.7. The van der Waals surface area contributed by atoms with Crippen LogP contribution in [-0.4, -0.2) is 44.6 Å². The number of benzene rings is 1. The number of carbonyl (C=O) groups excluding carboxylic acids is 2. The van der Waals surface area contributed by atoms with E-state index in [1.165, 1.54) is 28.2 Å². The molecule has 3 heterocycles. The van der Waals surface area contributed by atoms with Gasteiger partial charge in [0.05, 0.1) is 26.8 Å². The zero-order valence-corrected chi connectivity index (χ0v) is 18.5. The molecule has 3 aromatic rings. The zero-order valence-electron chi connectivity index (χ0n) is 17.7. The average Bonchev–Trinajstić information content (AvgIpc) is 3.22. The standard InChI is InChI=1S/C23H21FN6O2S/c1-2-19(31)29-8-7-14(11-29)30-21(25)20(22(26)32)16(28-30)6-5-13-9-17-18(10-15(13)24)33-23(27-17)12-3-4-12/h2,9-10,12,14H,1,3-4,7-8,11,25H2,(H2,26,32)/t14-/m0/s1. The van der Waals surface area contributed by atoms with Crippen LogP contribution < -0.4 is 11.5 Å². The zero-order chi connectivity index (χ0) is 23.3. The maximum Gasteiger partial charge on any atom is 0.255 e. The first kappa shape index (κ1) is 21.2. The molecule has 1 saturated heterocycles. The summed E-state index contributed by atoms with van der Waals surface area (Å²) in [5.74, 6) is 4.66. The number of fused-ring (bicyclic) bond motifs is 1. The predicted octanol–water partition coefficient (Wildman–Crippen LogP) is 2.55. The van der Waals surface area contributed by atoms with E-state index in [1.54, 1.807) is 11.0 Å². The average molecular weight is 465 g/mol. The molecule has 1 aromatic carbocycles. The summed E-state index contributed by atoms with van der Waals surface area (Å²) in [7, 11) is 0. The lowest BCUT2D eigenvalue weighted by molar-refractivity contribution is -0.125. The molecule has 10 heteroatoms. The molecular formula is C23H21FN6O2S. The minimum Gasteiger partial charge on any atom is -0.383 e. The van der Waals surface area contributed by atoms with Crippen molar-refractivity contribution in [1.82, 2.24) is 19.7 Å². The van der Waals surface area contributed by atoms with Gasteiger partial charge in [0.2, 0.25) is 5.91 Å². The Balaban J connectivity index is 1.49. The Kier molecular flexibility index (Phi) is 5.13. The molecule has 0 spiro atoms. The Bertz CT molecular complexity index is 1380. The Morgan fingerprint density at radius 2 is 2.06 bits per heavy atom. The van der Waals surface area contributed by atoms with Crippen LogP contribution in [0.25, 0.3) is 10.2 Å². The number of halogens is 1. The van der Waals surface area contributed by atoms with E-state index >= 15 is 0 Å². The van der Waals surface area contributed by atoms with Crippen LogP contribution in [0.4, 0.5) is 10.2 Å². The fraction of sp³-hybridized carbons (Fsp3) is 0.304. The molecule has 1 aliphatic heterocycles. The first-order chi connectivity index (χ1) is 15.9. The highest BCUT2D eigenvalue weighted by molar-refractivity contribution is 7.18. The van der Waals surface area contributed by atoms with E-state index in [-0.39, 0.29) is 34.6 Å². The molecule has 4 N–H and O–H groups in total. The minimum absolute atomic E-state index is 0.0119. The number of hydrogen-bond acceptors (Lipinski definition) is 6. The molecule has 0 unspecified atom stereocenters. The molecule has 2 aromatic heterocycles. The highest BCUT2D eigenvalue weighted by Gasteiger charge is 2.31. The number of thiazole rings is 1. The molecule has 5 rings (SSSR count). The lowest BCUT2D eigenvalue weighted by Gasteiger charge is -2.15. The lowest BCUT2D eigenvalue weighted by Crippen LogP contribution is -2.27. The lowest BCUT2D eigenvalue weighted by atomic mass is 10.1. The van der Waals surface area contributed by atoms with E-state index in [9.17, 15) is 14.0 Å². The van der Waals surface area contributed by atoms with E-state index in [2.05, 4.69) is 28.5 Å². The first-order valence-electron chi connectivity index (χ1n) is 10.6. The number of aromatic nitrogens is 3. The highest BCUT2D eigenvalue weighted by atomic mass is 32.1. The number of rotatable bonds is 4. The van der Waals surface area contributed by atoms with Crippen molar-refractivity contribution in [1.29, 1.82) is 0 Å². The quantitative estimate of drug-likeness (QED) is 0.454. The Morgan fingerprint density at radius 1 is 1.27 bits per heavy atom. The summed E-state index contributed by atoms with van der Waals surface area (Å²) < 4.78 is 16.9. The number of likely N-dealkylation sites (tertiary alicyclic amines) is 1. The largest absolute Gasteiger partial charge is 0.383 e. The van der Waals surface area contributed by atoms with Gasteiger partial charge >= 0.3 is 0 Å². The van der Waals surface area contributed by atoms with Crippen LogP contribution in [0.3, 0.4) is 0 Å². The summed E-state index contributed by atoms with van der Waals surface area (Å²) in [5.41, 5.74) is 12.6. The second kappa shape index (κ2) is 8.01. The SMILES string of the molecule is C=CC(=O)N1CC[C@H](n2nc(C#Cc3cc4nc(C5CC5)sc4cc3F)c(C(N)=O)c2N)C1. The third kappa shape index (κ3) is 3.85. The summed E-state index contributed by atoms with van der Waals surface area (Å²) >= 11 is 1.51. The van der Waals surface area contributed by atoms with Crippen molar-refractivity contribution in [2.45, 2.75) is 31.2 Å². The number of hydrogen-bond donors (Lipinski definition) is 2. The van der Waals surface area contributed by atoms with Gasteiger partial charge in [-0.2, -0.15) is 5.10 Å². The minimum atomic E-state index is -0.774. The van der Waals surface area contributed by atoms with Gasteiger partial charge in [0, 0.05) is 19.0 Å². The van der Waals surface area contributed by atoms with Crippen LogP contribution in [0, 0.1) is 17.7 Å². The number of nitrogen functional groups attached to an aromatic ring is 1. The van der Waals surface area contributed by atoms with E-state index in [4.69, 9.17) is 11.5 Å². The molecule has 1 aliphatic carbocycles. The first-order valence-corrected chi connectivity index (χ1v) is 11.4. The molecule has 2 fully saturated rings. The Labute approximate surface area is 193 Å². The molecule has 1 saturated carbocycles. The summed E-state index contributed by atoms with van der Waals surface area (Å²) in [5, 5.41) is 5.42. The number of amides is 2. The van der Waals surface area contributed by atoms with Crippen molar-refractivity contribution in [3.8, 4) is 11.8 Å².